The summed E-state index contributed by atoms with van der Waals surface area (Å²) in [4.78, 5) is 2.52. The van der Waals surface area contributed by atoms with E-state index in [0.717, 1.165) is 13.0 Å². The van der Waals surface area contributed by atoms with Crippen LogP contribution in [0.3, 0.4) is 0 Å². The number of likely N-dealkylation sites (N-methyl/N-ethyl adjacent to an activating group) is 1. The molecule has 0 saturated carbocycles. The van der Waals surface area contributed by atoms with E-state index in [0.29, 0.717) is 12.1 Å². The van der Waals surface area contributed by atoms with Crippen molar-refractivity contribution >= 4 is 0 Å². The second-order valence-corrected chi connectivity index (χ2v) is 5.75. The van der Waals surface area contributed by atoms with Crippen molar-refractivity contribution in [1.29, 1.82) is 0 Å². The minimum absolute atomic E-state index is 0.549. The van der Waals surface area contributed by atoms with Crippen LogP contribution in [-0.2, 0) is 6.42 Å². The van der Waals surface area contributed by atoms with E-state index in [2.05, 4.69) is 55.4 Å². The van der Waals surface area contributed by atoms with Gasteiger partial charge in [0.1, 0.15) is 0 Å². The molecule has 106 valence electrons. The van der Waals surface area contributed by atoms with Crippen LogP contribution in [0.25, 0.3) is 0 Å². The van der Waals surface area contributed by atoms with Gasteiger partial charge in [0.2, 0.25) is 0 Å². The lowest BCUT2D eigenvalue weighted by Gasteiger charge is -2.30. The fraction of sp³-hybridized carbons (Fsp3) is 0.647. The molecular formula is C17H28N2. The maximum absolute atomic E-state index is 3.59. The molecule has 1 fully saturated rings. The van der Waals surface area contributed by atoms with Crippen LogP contribution in [-0.4, -0.2) is 31.1 Å². The lowest BCUT2D eigenvalue weighted by molar-refractivity contribution is 0.218. The van der Waals surface area contributed by atoms with Crippen molar-refractivity contribution in [2.45, 2.75) is 51.6 Å². The third kappa shape index (κ3) is 3.80. The van der Waals surface area contributed by atoms with Crippen LogP contribution >= 0.6 is 0 Å². The van der Waals surface area contributed by atoms with E-state index in [9.17, 15) is 0 Å². The van der Waals surface area contributed by atoms with Crippen molar-refractivity contribution < 1.29 is 0 Å². The molecule has 1 aliphatic heterocycles. The van der Waals surface area contributed by atoms with Gasteiger partial charge in [-0.3, -0.25) is 4.90 Å². The molecule has 2 rings (SSSR count). The van der Waals surface area contributed by atoms with E-state index >= 15 is 0 Å². The van der Waals surface area contributed by atoms with Gasteiger partial charge < -0.3 is 5.32 Å². The van der Waals surface area contributed by atoms with E-state index < -0.39 is 0 Å². The molecule has 0 aliphatic carbocycles. The van der Waals surface area contributed by atoms with Gasteiger partial charge in [0.05, 0.1) is 0 Å². The molecule has 1 saturated heterocycles. The van der Waals surface area contributed by atoms with E-state index in [4.69, 9.17) is 0 Å². The van der Waals surface area contributed by atoms with Gasteiger partial charge in [-0.1, -0.05) is 38.1 Å². The topological polar surface area (TPSA) is 15.3 Å². The molecule has 2 nitrogen and oxygen atoms in total. The number of rotatable bonds is 6. The van der Waals surface area contributed by atoms with Crippen molar-refractivity contribution in [2.24, 2.45) is 0 Å². The highest BCUT2D eigenvalue weighted by Gasteiger charge is 2.21. The van der Waals surface area contributed by atoms with E-state index in [1.54, 1.807) is 0 Å². The molecule has 1 heterocycles. The van der Waals surface area contributed by atoms with E-state index in [1.807, 2.05) is 0 Å². The molecule has 2 heteroatoms. The summed E-state index contributed by atoms with van der Waals surface area (Å²) in [5, 5.41) is 3.59. The van der Waals surface area contributed by atoms with Crippen LogP contribution in [0.15, 0.2) is 24.3 Å². The molecule has 0 bridgehead atoms. The predicted molar refractivity (Wildman–Crippen MR) is 82.5 cm³/mol. The van der Waals surface area contributed by atoms with Crippen molar-refractivity contribution in [3.63, 3.8) is 0 Å². The van der Waals surface area contributed by atoms with Gasteiger partial charge >= 0.3 is 0 Å². The number of hydrogen-bond acceptors (Lipinski definition) is 2. The Balaban J connectivity index is 2.00. The SMILES string of the molecule is CCc1ccc(C(CC)N(C)CC2CCCN2)cc1. The van der Waals surface area contributed by atoms with Crippen LogP contribution in [0.5, 0.6) is 0 Å². The molecule has 1 N–H and O–H groups in total. The maximum atomic E-state index is 3.59. The zero-order valence-electron chi connectivity index (χ0n) is 12.7. The number of aryl methyl sites for hydroxylation is 1. The Morgan fingerprint density at radius 2 is 2.00 bits per heavy atom. The highest BCUT2D eigenvalue weighted by Crippen LogP contribution is 2.24. The van der Waals surface area contributed by atoms with Gasteiger partial charge in [-0.2, -0.15) is 0 Å². The Labute approximate surface area is 118 Å². The number of nitrogens with one attached hydrogen (secondary N) is 1. The molecule has 2 unspecified atom stereocenters. The smallest absolute Gasteiger partial charge is 0.0343 e. The summed E-state index contributed by atoms with van der Waals surface area (Å²) < 4.78 is 0. The number of nitrogens with zero attached hydrogens (tertiary/aromatic N) is 1. The molecule has 1 aliphatic rings. The van der Waals surface area contributed by atoms with Crippen molar-refractivity contribution in [1.82, 2.24) is 10.2 Å². The quantitative estimate of drug-likeness (QED) is 0.843. The molecule has 19 heavy (non-hydrogen) atoms. The summed E-state index contributed by atoms with van der Waals surface area (Å²) in [5.41, 5.74) is 2.89. The van der Waals surface area contributed by atoms with E-state index in [-0.39, 0.29) is 0 Å². The second-order valence-electron chi connectivity index (χ2n) is 5.75. The van der Waals surface area contributed by atoms with Gasteiger partial charge in [-0.25, -0.2) is 0 Å². The molecular weight excluding hydrogens is 232 g/mol. The van der Waals surface area contributed by atoms with Crippen molar-refractivity contribution in [2.75, 3.05) is 20.1 Å². The molecule has 0 spiro atoms. The Kier molecular flexibility index (Phi) is 5.41. The maximum Gasteiger partial charge on any atom is 0.0343 e. The lowest BCUT2D eigenvalue weighted by Crippen LogP contribution is -2.37. The third-order valence-corrected chi connectivity index (χ3v) is 4.36. The normalized spacial score (nSPS) is 20.9. The first-order valence-electron chi connectivity index (χ1n) is 7.77. The average Bonchev–Trinajstić information content (AvgIpc) is 2.93. The summed E-state index contributed by atoms with van der Waals surface area (Å²) in [6.45, 7) is 6.86. The number of hydrogen-bond donors (Lipinski definition) is 1. The Hall–Kier alpha value is -0.860. The fourth-order valence-corrected chi connectivity index (χ4v) is 3.16. The largest absolute Gasteiger partial charge is 0.313 e. The van der Waals surface area contributed by atoms with E-state index in [1.165, 1.54) is 36.9 Å². The van der Waals surface area contributed by atoms with Crippen LogP contribution in [0.4, 0.5) is 0 Å². The van der Waals surface area contributed by atoms with Crippen molar-refractivity contribution in [3.8, 4) is 0 Å². The molecule has 1 aromatic rings. The minimum Gasteiger partial charge on any atom is -0.313 e. The first-order chi connectivity index (χ1) is 9.24. The summed E-state index contributed by atoms with van der Waals surface area (Å²) in [6.07, 6.45) is 4.96. The van der Waals surface area contributed by atoms with Gasteiger partial charge in [0.25, 0.3) is 0 Å². The molecule has 0 amide bonds. The summed E-state index contributed by atoms with van der Waals surface area (Å²) in [6, 6.07) is 10.4. The molecule has 0 radical (unpaired) electrons. The summed E-state index contributed by atoms with van der Waals surface area (Å²) >= 11 is 0. The highest BCUT2D eigenvalue weighted by molar-refractivity contribution is 5.25. The standard InChI is InChI=1S/C17H28N2/c1-4-14-8-10-15(11-9-14)17(5-2)19(3)13-16-7-6-12-18-16/h8-11,16-18H,4-7,12-13H2,1-3H3. The van der Waals surface area contributed by atoms with Crippen LogP contribution < -0.4 is 5.32 Å². The fourth-order valence-electron chi connectivity index (χ4n) is 3.16. The summed E-state index contributed by atoms with van der Waals surface area (Å²) in [5.74, 6) is 0. The zero-order valence-corrected chi connectivity index (χ0v) is 12.7. The first-order valence-corrected chi connectivity index (χ1v) is 7.77. The lowest BCUT2D eigenvalue weighted by atomic mass is 10.0. The van der Waals surface area contributed by atoms with Crippen LogP contribution in [0.1, 0.15) is 50.3 Å². The first kappa shape index (κ1) is 14.5. The van der Waals surface area contributed by atoms with Crippen LogP contribution in [0, 0.1) is 0 Å². The Bertz CT molecular complexity index is 365. The minimum atomic E-state index is 0.549. The van der Waals surface area contributed by atoms with Gasteiger partial charge in [0.15, 0.2) is 0 Å². The summed E-state index contributed by atoms with van der Waals surface area (Å²) in [7, 11) is 2.27. The van der Waals surface area contributed by atoms with Crippen LogP contribution in [0.2, 0.25) is 0 Å². The Morgan fingerprint density at radius 3 is 2.53 bits per heavy atom. The average molecular weight is 260 g/mol. The molecule has 2 atom stereocenters. The Morgan fingerprint density at radius 1 is 1.26 bits per heavy atom. The number of benzene rings is 1. The predicted octanol–water partition coefficient (Wildman–Crippen LogP) is 3.38. The second kappa shape index (κ2) is 7.06. The van der Waals surface area contributed by atoms with Crippen molar-refractivity contribution in [3.05, 3.63) is 35.4 Å². The van der Waals surface area contributed by atoms with Gasteiger partial charge in [0, 0.05) is 18.6 Å². The van der Waals surface area contributed by atoms with Gasteiger partial charge in [-0.05, 0) is 50.4 Å². The third-order valence-electron chi connectivity index (χ3n) is 4.36. The molecule has 0 aromatic heterocycles. The highest BCUT2D eigenvalue weighted by atomic mass is 15.2. The zero-order chi connectivity index (χ0) is 13.7. The van der Waals surface area contributed by atoms with Gasteiger partial charge in [-0.15, -0.1) is 0 Å². The molecule has 1 aromatic carbocycles. The monoisotopic (exact) mass is 260 g/mol.